The second kappa shape index (κ2) is 14.3. The highest BCUT2D eigenvalue weighted by atomic mass is 35.5. The third-order valence-electron chi connectivity index (χ3n) is 9.67. The molecule has 46 heavy (non-hydrogen) atoms. The van der Waals surface area contributed by atoms with E-state index in [0.29, 0.717) is 68.0 Å². The predicted molar refractivity (Wildman–Crippen MR) is 179 cm³/mol. The fourth-order valence-corrected chi connectivity index (χ4v) is 7.23. The van der Waals surface area contributed by atoms with Crippen LogP contribution in [0.25, 0.3) is 11.4 Å². The van der Waals surface area contributed by atoms with Gasteiger partial charge in [0.25, 0.3) is 0 Å². The van der Waals surface area contributed by atoms with E-state index >= 15 is 0 Å². The zero-order valence-corrected chi connectivity index (χ0v) is 27.1. The average molecular weight is 650 g/mol. The summed E-state index contributed by atoms with van der Waals surface area (Å²) in [5, 5.41) is 11.5. The minimum Gasteiger partial charge on any atom is -0.397 e. The number of nitrogens with two attached hydrogens (primary N) is 1. The van der Waals surface area contributed by atoms with Crippen molar-refractivity contribution >= 4 is 29.2 Å². The zero-order valence-electron chi connectivity index (χ0n) is 26.4. The molecule has 246 valence electrons. The number of aromatic amines is 1. The van der Waals surface area contributed by atoms with E-state index in [4.69, 9.17) is 17.3 Å². The first-order valence-corrected chi connectivity index (χ1v) is 16.7. The Bertz CT molecular complexity index is 1550. The van der Waals surface area contributed by atoms with E-state index < -0.39 is 6.04 Å². The molecule has 3 aromatic rings. The van der Waals surface area contributed by atoms with Gasteiger partial charge in [-0.3, -0.25) is 14.7 Å². The number of H-pyrrole nitrogens is 1. The lowest BCUT2D eigenvalue weighted by molar-refractivity contribution is -0.135. The number of nitrogens with zero attached hydrogens (tertiary/aromatic N) is 5. The number of urea groups is 1. The number of anilines is 1. The Morgan fingerprint density at radius 2 is 1.67 bits per heavy atom. The molecule has 12 nitrogen and oxygen atoms in total. The smallest absolute Gasteiger partial charge is 0.343 e. The average Bonchev–Trinajstić information content (AvgIpc) is 3.48. The highest BCUT2D eigenvalue weighted by Crippen LogP contribution is 2.26. The van der Waals surface area contributed by atoms with E-state index in [-0.39, 0.29) is 23.7 Å². The molecule has 3 saturated heterocycles. The van der Waals surface area contributed by atoms with Crippen LogP contribution in [-0.2, 0) is 11.2 Å². The highest BCUT2D eigenvalue weighted by Gasteiger charge is 2.33. The normalized spacial score (nSPS) is 19.3. The number of nitrogens with one attached hydrogen (secondary N) is 3. The van der Waals surface area contributed by atoms with Crippen LogP contribution in [0.4, 0.5) is 10.5 Å². The lowest BCUT2D eigenvalue weighted by atomic mass is 10.0. The quantitative estimate of drug-likeness (QED) is 0.288. The Labute approximate surface area is 274 Å². The molecule has 0 spiro atoms. The van der Waals surface area contributed by atoms with Gasteiger partial charge in [-0.2, -0.15) is 0 Å². The van der Waals surface area contributed by atoms with E-state index in [1.807, 2.05) is 48.2 Å². The molecule has 0 saturated carbocycles. The van der Waals surface area contributed by atoms with Crippen molar-refractivity contribution in [3.8, 4) is 11.4 Å². The lowest BCUT2D eigenvalue weighted by Crippen LogP contribution is -2.59. The molecule has 1 aromatic heterocycles. The fraction of sp³-hybridized carbons (Fsp3) is 0.515. The van der Waals surface area contributed by atoms with E-state index in [1.54, 1.807) is 11.0 Å². The van der Waals surface area contributed by atoms with Crippen LogP contribution in [0.1, 0.15) is 42.9 Å². The second-order valence-electron chi connectivity index (χ2n) is 12.7. The molecule has 1 atom stereocenters. The number of halogens is 1. The molecule has 0 radical (unpaired) electrons. The number of nitrogen functional groups attached to an aromatic ring is 1. The van der Waals surface area contributed by atoms with Gasteiger partial charge in [-0.05, 0) is 62.9 Å². The van der Waals surface area contributed by atoms with Crippen LogP contribution in [0.3, 0.4) is 0 Å². The lowest BCUT2D eigenvalue weighted by Gasteiger charge is -2.42. The summed E-state index contributed by atoms with van der Waals surface area (Å²) in [7, 11) is 0. The Hall–Kier alpha value is -3.87. The number of aromatic nitrogens is 3. The van der Waals surface area contributed by atoms with Crippen molar-refractivity contribution in [1.82, 2.24) is 40.1 Å². The number of likely N-dealkylation sites (tertiary alicyclic amines) is 1. The van der Waals surface area contributed by atoms with Gasteiger partial charge >= 0.3 is 11.7 Å². The number of aryl methyl sites for hydroxylation is 1. The van der Waals surface area contributed by atoms with Gasteiger partial charge in [0.1, 0.15) is 6.04 Å². The summed E-state index contributed by atoms with van der Waals surface area (Å²) < 4.78 is 1.50. The molecule has 3 fully saturated rings. The summed E-state index contributed by atoms with van der Waals surface area (Å²) in [5.74, 6) is 0.442. The van der Waals surface area contributed by atoms with Crippen molar-refractivity contribution in [2.75, 3.05) is 58.1 Å². The van der Waals surface area contributed by atoms with E-state index in [2.05, 4.69) is 25.6 Å². The van der Waals surface area contributed by atoms with Gasteiger partial charge in [0.05, 0.1) is 16.8 Å². The van der Waals surface area contributed by atoms with E-state index in [0.717, 1.165) is 55.7 Å². The van der Waals surface area contributed by atoms with Crippen molar-refractivity contribution in [2.45, 2.75) is 57.2 Å². The molecule has 2 aromatic carbocycles. The Morgan fingerprint density at radius 3 is 2.35 bits per heavy atom. The summed E-state index contributed by atoms with van der Waals surface area (Å²) >= 11 is 6.40. The molecule has 6 rings (SSSR count). The zero-order chi connectivity index (χ0) is 32.2. The van der Waals surface area contributed by atoms with Crippen LogP contribution in [0.2, 0.25) is 5.02 Å². The van der Waals surface area contributed by atoms with Gasteiger partial charge < -0.3 is 26.2 Å². The third kappa shape index (κ3) is 7.24. The number of carbonyl (C=O) groups excluding carboxylic acids is 2. The van der Waals surface area contributed by atoms with Gasteiger partial charge in [-0.15, -0.1) is 5.10 Å². The van der Waals surface area contributed by atoms with Gasteiger partial charge in [0, 0.05) is 57.3 Å². The summed E-state index contributed by atoms with van der Waals surface area (Å²) in [6, 6.07) is 12.6. The number of benzene rings is 2. The van der Waals surface area contributed by atoms with Crippen molar-refractivity contribution in [2.24, 2.45) is 0 Å². The molecule has 5 N–H and O–H groups in total. The molecule has 0 unspecified atom stereocenters. The topological polar surface area (TPSA) is 145 Å². The molecule has 3 amide bonds. The van der Waals surface area contributed by atoms with Crippen molar-refractivity contribution in [1.29, 1.82) is 0 Å². The maximum absolute atomic E-state index is 14.0. The van der Waals surface area contributed by atoms with Crippen molar-refractivity contribution in [3.05, 3.63) is 69.1 Å². The summed E-state index contributed by atoms with van der Waals surface area (Å²) in [6.07, 6.45) is 3.72. The highest BCUT2D eigenvalue weighted by molar-refractivity contribution is 6.33. The molecular weight excluding hydrogens is 606 g/mol. The maximum Gasteiger partial charge on any atom is 0.343 e. The molecule has 3 aliphatic heterocycles. The molecule has 13 heteroatoms. The number of carbonyl (C=O) groups is 2. The predicted octanol–water partition coefficient (Wildman–Crippen LogP) is 2.64. The third-order valence-corrected chi connectivity index (χ3v) is 9.98. The van der Waals surface area contributed by atoms with E-state index in [9.17, 15) is 14.4 Å². The standard InChI is InChI=1S/C33H44ClN9O3/c1-22-19-23(20-27(34)29(22)35)21-28(31(44)41-17-15-40(16-18-41)25-7-11-36-12-8-25)37-32(45)42-13-9-26(10-14-42)43-33(46)38-30(39-43)24-5-3-2-4-6-24/h2-6,19-20,25-26,28,36H,7-18,21,35H2,1H3,(H,37,45)(H,38,39,46)/t28-/m1/s1. The number of piperidine rings is 2. The SMILES string of the molecule is Cc1cc(C[C@@H](NC(=O)N2CCC(n3nc(-c4ccccc4)[nH]c3=O)CC2)C(=O)N2CCN(C3CCNCC3)CC2)cc(Cl)c1N. The fourth-order valence-electron chi connectivity index (χ4n) is 6.94. The molecular formula is C33H44ClN9O3. The summed E-state index contributed by atoms with van der Waals surface area (Å²) in [4.78, 5) is 49.3. The van der Waals surface area contributed by atoms with Crippen LogP contribution >= 0.6 is 11.6 Å². The first-order valence-electron chi connectivity index (χ1n) is 16.3. The van der Waals surface area contributed by atoms with Gasteiger partial charge in [-0.1, -0.05) is 48.0 Å². The first kappa shape index (κ1) is 32.1. The van der Waals surface area contributed by atoms with Crippen LogP contribution < -0.4 is 22.1 Å². The van der Waals surface area contributed by atoms with Gasteiger partial charge in [0.2, 0.25) is 5.91 Å². The van der Waals surface area contributed by atoms with Crippen LogP contribution in [-0.4, -0.2) is 106 Å². The number of hydrogen-bond donors (Lipinski definition) is 4. The minimum absolute atomic E-state index is 0.0877. The summed E-state index contributed by atoms with van der Waals surface area (Å²) in [6.45, 7) is 7.76. The van der Waals surface area contributed by atoms with Crippen LogP contribution in [0.5, 0.6) is 0 Å². The van der Waals surface area contributed by atoms with Crippen LogP contribution in [0.15, 0.2) is 47.3 Å². The molecule has 3 aliphatic rings. The molecule has 4 heterocycles. The largest absolute Gasteiger partial charge is 0.397 e. The number of rotatable bonds is 7. The number of amides is 3. The van der Waals surface area contributed by atoms with Gasteiger partial charge in [0.15, 0.2) is 5.82 Å². The van der Waals surface area contributed by atoms with Crippen LogP contribution in [0, 0.1) is 6.92 Å². The minimum atomic E-state index is -0.753. The molecule has 0 aliphatic carbocycles. The first-order chi connectivity index (χ1) is 22.3. The monoisotopic (exact) mass is 649 g/mol. The number of hydrogen-bond acceptors (Lipinski definition) is 7. The molecule has 0 bridgehead atoms. The van der Waals surface area contributed by atoms with Gasteiger partial charge in [-0.25, -0.2) is 14.3 Å². The van der Waals surface area contributed by atoms with Crippen molar-refractivity contribution in [3.63, 3.8) is 0 Å². The Balaban J connectivity index is 1.11. The summed E-state index contributed by atoms with van der Waals surface area (Å²) in [5.41, 5.74) is 8.86. The van der Waals surface area contributed by atoms with E-state index in [1.165, 1.54) is 4.68 Å². The Morgan fingerprint density at radius 1 is 0.978 bits per heavy atom. The maximum atomic E-state index is 14.0. The number of piperazine rings is 1. The Kier molecular flexibility index (Phi) is 9.95. The second-order valence-corrected chi connectivity index (χ2v) is 13.1. The van der Waals surface area contributed by atoms with Crippen molar-refractivity contribution < 1.29 is 9.59 Å².